The number of thioether (sulfide) groups is 1. The van der Waals surface area contributed by atoms with Crippen LogP contribution in [0.5, 0.6) is 0 Å². The van der Waals surface area contributed by atoms with Gasteiger partial charge in [0.15, 0.2) is 0 Å². The number of amides is 3. The maximum Gasteiger partial charge on any atom is 0.289 e. The third-order valence-electron chi connectivity index (χ3n) is 4.64. The zero-order valence-corrected chi connectivity index (χ0v) is 15.4. The monoisotopic (exact) mass is 375 g/mol. The second kappa shape index (κ2) is 6.42. The molecule has 2 aromatic rings. The summed E-state index contributed by atoms with van der Waals surface area (Å²) in [5.41, 5.74) is 1.58. The topological polar surface area (TPSA) is 70.6 Å². The van der Waals surface area contributed by atoms with E-state index in [-0.39, 0.29) is 28.8 Å². The van der Waals surface area contributed by atoms with Gasteiger partial charge in [0.1, 0.15) is 0 Å². The fourth-order valence-electron chi connectivity index (χ4n) is 3.40. The van der Waals surface area contributed by atoms with Gasteiger partial charge in [-0.15, -0.1) is 11.3 Å². The van der Waals surface area contributed by atoms with Crippen LogP contribution in [-0.2, 0) is 4.79 Å². The summed E-state index contributed by atoms with van der Waals surface area (Å²) in [6.45, 7) is 3.08. The van der Waals surface area contributed by atoms with E-state index in [2.05, 4.69) is 4.98 Å². The number of carbonyl (C=O) groups excluding carboxylic acids is 3. The number of fused-ring (bicyclic) bond motifs is 1. The first-order valence-corrected chi connectivity index (χ1v) is 9.98. The van der Waals surface area contributed by atoms with Crippen LogP contribution in [0.3, 0.4) is 0 Å². The van der Waals surface area contributed by atoms with Crippen molar-refractivity contribution in [2.75, 3.05) is 18.8 Å². The second-order valence-corrected chi connectivity index (χ2v) is 8.42. The summed E-state index contributed by atoms with van der Waals surface area (Å²) < 4.78 is 1.02. The molecule has 6 nitrogen and oxygen atoms in total. The van der Waals surface area contributed by atoms with E-state index in [9.17, 15) is 14.4 Å². The van der Waals surface area contributed by atoms with Gasteiger partial charge in [-0.05, 0) is 38.0 Å². The lowest BCUT2D eigenvalue weighted by atomic mass is 10.0. The minimum atomic E-state index is -0.152. The zero-order valence-electron chi connectivity index (χ0n) is 13.7. The highest BCUT2D eigenvalue weighted by Crippen LogP contribution is 2.28. The second-order valence-electron chi connectivity index (χ2n) is 6.26. The molecular formula is C17H17N3O3S2. The molecule has 0 unspecified atom stereocenters. The first-order chi connectivity index (χ1) is 12.0. The Morgan fingerprint density at radius 2 is 2.00 bits per heavy atom. The third-order valence-corrected chi connectivity index (χ3v) is 6.41. The van der Waals surface area contributed by atoms with Crippen molar-refractivity contribution < 1.29 is 14.4 Å². The van der Waals surface area contributed by atoms with Crippen LogP contribution in [-0.4, -0.2) is 56.7 Å². The Morgan fingerprint density at radius 3 is 2.68 bits per heavy atom. The predicted octanol–water partition coefficient (Wildman–Crippen LogP) is 2.90. The number of hydrogen-bond donors (Lipinski definition) is 0. The van der Waals surface area contributed by atoms with E-state index in [1.807, 2.05) is 30.0 Å². The first-order valence-electron chi connectivity index (χ1n) is 8.18. The van der Waals surface area contributed by atoms with Gasteiger partial charge in [-0.1, -0.05) is 11.8 Å². The Kier molecular flexibility index (Phi) is 4.24. The van der Waals surface area contributed by atoms with E-state index in [1.165, 1.54) is 4.90 Å². The fourth-order valence-corrected chi connectivity index (χ4v) is 5.04. The molecule has 0 aliphatic carbocycles. The lowest BCUT2D eigenvalue weighted by Gasteiger charge is -2.35. The number of benzene rings is 1. The van der Waals surface area contributed by atoms with Crippen molar-refractivity contribution in [3.05, 3.63) is 28.8 Å². The van der Waals surface area contributed by atoms with E-state index < -0.39 is 0 Å². The minimum absolute atomic E-state index is 0.000136. The molecule has 2 fully saturated rings. The van der Waals surface area contributed by atoms with Gasteiger partial charge in [-0.2, -0.15) is 0 Å². The molecule has 1 aromatic heterocycles. The van der Waals surface area contributed by atoms with E-state index in [0.717, 1.165) is 27.0 Å². The Bertz CT molecular complexity index is 855. The Hall–Kier alpha value is -1.93. The number of aryl methyl sites for hydroxylation is 1. The highest BCUT2D eigenvalue weighted by Gasteiger charge is 2.38. The Morgan fingerprint density at radius 1 is 1.24 bits per heavy atom. The number of rotatable bonds is 2. The summed E-state index contributed by atoms with van der Waals surface area (Å²) >= 11 is 2.65. The molecule has 1 aromatic carbocycles. The summed E-state index contributed by atoms with van der Waals surface area (Å²) in [4.78, 5) is 44.1. The molecule has 0 spiro atoms. The van der Waals surface area contributed by atoms with Crippen molar-refractivity contribution in [2.24, 2.45) is 0 Å². The van der Waals surface area contributed by atoms with Crippen LogP contribution < -0.4 is 0 Å². The van der Waals surface area contributed by atoms with Crippen LogP contribution >= 0.6 is 23.1 Å². The highest BCUT2D eigenvalue weighted by atomic mass is 32.2. The molecule has 4 rings (SSSR count). The van der Waals surface area contributed by atoms with Gasteiger partial charge in [0, 0.05) is 24.7 Å². The van der Waals surface area contributed by atoms with Crippen LogP contribution in [0.1, 0.15) is 28.2 Å². The standard InChI is InChI=1S/C17H17N3O3S2/c1-10-18-13-3-2-11(8-14(13)25-10)16(22)19-6-4-12(5-7-19)20-15(21)9-24-17(20)23/h2-3,8,12H,4-7,9H2,1H3. The van der Waals surface area contributed by atoms with Crippen LogP contribution in [0.15, 0.2) is 18.2 Å². The SMILES string of the molecule is Cc1nc2ccc(C(=O)N3CCC(N4C(=O)CSC4=O)CC3)cc2s1. The molecular weight excluding hydrogens is 358 g/mol. The van der Waals surface area contributed by atoms with Crippen molar-refractivity contribution in [2.45, 2.75) is 25.8 Å². The quantitative estimate of drug-likeness (QED) is 0.807. The molecule has 25 heavy (non-hydrogen) atoms. The normalized spacial score (nSPS) is 19.2. The highest BCUT2D eigenvalue weighted by molar-refractivity contribution is 8.14. The number of piperidine rings is 1. The number of likely N-dealkylation sites (tertiary alicyclic amines) is 1. The molecule has 2 saturated heterocycles. The van der Waals surface area contributed by atoms with Crippen LogP contribution in [0.25, 0.3) is 10.2 Å². The average molecular weight is 375 g/mol. The molecule has 3 amide bonds. The largest absolute Gasteiger partial charge is 0.338 e. The van der Waals surface area contributed by atoms with Gasteiger partial charge in [0.2, 0.25) is 5.91 Å². The Balaban J connectivity index is 1.45. The maximum atomic E-state index is 12.8. The van der Waals surface area contributed by atoms with Gasteiger partial charge < -0.3 is 4.90 Å². The molecule has 3 heterocycles. The number of thiazole rings is 1. The number of hydrogen-bond acceptors (Lipinski definition) is 6. The number of aromatic nitrogens is 1. The zero-order chi connectivity index (χ0) is 17.6. The predicted molar refractivity (Wildman–Crippen MR) is 98.0 cm³/mol. The lowest BCUT2D eigenvalue weighted by molar-refractivity contribution is -0.126. The molecule has 0 atom stereocenters. The van der Waals surface area contributed by atoms with E-state index in [1.54, 1.807) is 11.3 Å². The summed E-state index contributed by atoms with van der Waals surface area (Å²) in [7, 11) is 0. The van der Waals surface area contributed by atoms with Gasteiger partial charge >= 0.3 is 0 Å². The minimum Gasteiger partial charge on any atom is -0.338 e. The Labute approximate surface area is 153 Å². The van der Waals surface area contributed by atoms with Crippen molar-refractivity contribution in [3.8, 4) is 0 Å². The summed E-state index contributed by atoms with van der Waals surface area (Å²) in [5, 5.41) is 0.832. The smallest absolute Gasteiger partial charge is 0.289 e. The van der Waals surface area contributed by atoms with Crippen molar-refractivity contribution >= 4 is 50.4 Å². The van der Waals surface area contributed by atoms with E-state index in [4.69, 9.17) is 0 Å². The molecule has 2 aliphatic heterocycles. The molecule has 0 radical (unpaired) electrons. The summed E-state index contributed by atoms with van der Waals surface area (Å²) in [5.74, 6) is 0.136. The average Bonchev–Trinajstić information content (AvgIpc) is 3.14. The van der Waals surface area contributed by atoms with E-state index in [0.29, 0.717) is 31.5 Å². The summed E-state index contributed by atoms with van der Waals surface area (Å²) in [6.07, 6.45) is 1.29. The summed E-state index contributed by atoms with van der Waals surface area (Å²) in [6, 6.07) is 5.53. The molecule has 130 valence electrons. The number of imide groups is 1. The van der Waals surface area contributed by atoms with Crippen molar-refractivity contribution in [1.82, 2.24) is 14.8 Å². The van der Waals surface area contributed by atoms with E-state index >= 15 is 0 Å². The molecule has 2 aliphatic rings. The first kappa shape index (κ1) is 16.5. The molecule has 0 bridgehead atoms. The maximum absolute atomic E-state index is 12.8. The third kappa shape index (κ3) is 3.04. The lowest BCUT2D eigenvalue weighted by Crippen LogP contribution is -2.48. The van der Waals surface area contributed by atoms with Crippen LogP contribution in [0.4, 0.5) is 4.79 Å². The van der Waals surface area contributed by atoms with Gasteiger partial charge in [0.25, 0.3) is 11.1 Å². The fraction of sp³-hybridized carbons (Fsp3) is 0.412. The van der Waals surface area contributed by atoms with Crippen molar-refractivity contribution in [3.63, 3.8) is 0 Å². The number of nitrogens with zero attached hydrogens (tertiary/aromatic N) is 3. The molecule has 8 heteroatoms. The molecule has 0 saturated carbocycles. The molecule has 0 N–H and O–H groups in total. The van der Waals surface area contributed by atoms with Crippen LogP contribution in [0, 0.1) is 6.92 Å². The van der Waals surface area contributed by atoms with Gasteiger partial charge in [-0.25, -0.2) is 4.98 Å². The van der Waals surface area contributed by atoms with Gasteiger partial charge in [-0.3, -0.25) is 19.3 Å². The van der Waals surface area contributed by atoms with Crippen LogP contribution in [0.2, 0.25) is 0 Å². The van der Waals surface area contributed by atoms with Crippen molar-refractivity contribution in [1.29, 1.82) is 0 Å². The number of carbonyl (C=O) groups is 3. The van der Waals surface area contributed by atoms with Gasteiger partial charge in [0.05, 0.1) is 21.0 Å².